The summed E-state index contributed by atoms with van der Waals surface area (Å²) in [6.07, 6.45) is 1.63. The number of aromatic amines is 1. The molecular formula is C15H28N4O. The molecule has 1 heterocycles. The first-order chi connectivity index (χ1) is 9.49. The summed E-state index contributed by atoms with van der Waals surface area (Å²) >= 11 is 0. The van der Waals surface area contributed by atoms with Crippen LogP contribution in [0.5, 0.6) is 0 Å². The summed E-state index contributed by atoms with van der Waals surface area (Å²) in [4.78, 5) is 16.9. The van der Waals surface area contributed by atoms with Crippen molar-refractivity contribution in [1.82, 2.24) is 20.0 Å². The van der Waals surface area contributed by atoms with Gasteiger partial charge in [0.15, 0.2) is 0 Å². The molecule has 1 aromatic heterocycles. The molecule has 0 saturated heterocycles. The van der Waals surface area contributed by atoms with Crippen molar-refractivity contribution in [3.05, 3.63) is 17.5 Å². The molecule has 0 spiro atoms. The molecule has 0 unspecified atom stereocenters. The number of rotatable bonds is 8. The zero-order valence-corrected chi connectivity index (χ0v) is 13.4. The second kappa shape index (κ2) is 8.04. The summed E-state index contributed by atoms with van der Waals surface area (Å²) in [5.41, 5.74) is 1.52. The Morgan fingerprint density at radius 2 is 1.95 bits per heavy atom. The monoisotopic (exact) mass is 280 g/mol. The summed E-state index contributed by atoms with van der Waals surface area (Å²) in [6.45, 7) is 15.0. The van der Waals surface area contributed by atoms with E-state index in [1.165, 1.54) is 0 Å². The Balaban J connectivity index is 2.73. The average molecular weight is 280 g/mol. The van der Waals surface area contributed by atoms with Crippen LogP contribution in [-0.2, 0) is 0 Å². The van der Waals surface area contributed by atoms with Crippen LogP contribution in [0.2, 0.25) is 0 Å². The Hall–Kier alpha value is -1.36. The fourth-order valence-corrected chi connectivity index (χ4v) is 2.26. The molecule has 0 aromatic carbocycles. The van der Waals surface area contributed by atoms with E-state index in [0.29, 0.717) is 11.5 Å². The quantitative estimate of drug-likeness (QED) is 0.794. The highest BCUT2D eigenvalue weighted by Crippen LogP contribution is 2.10. The van der Waals surface area contributed by atoms with Crippen LogP contribution in [0.1, 0.15) is 43.7 Å². The number of H-pyrrole nitrogens is 1. The molecule has 0 atom stereocenters. The van der Waals surface area contributed by atoms with Crippen molar-refractivity contribution in [2.24, 2.45) is 5.92 Å². The van der Waals surface area contributed by atoms with Gasteiger partial charge in [0.1, 0.15) is 0 Å². The van der Waals surface area contributed by atoms with Gasteiger partial charge in [0, 0.05) is 25.3 Å². The second-order valence-corrected chi connectivity index (χ2v) is 5.58. The minimum Gasteiger partial charge on any atom is -0.337 e. The van der Waals surface area contributed by atoms with E-state index in [1.54, 1.807) is 6.20 Å². The van der Waals surface area contributed by atoms with Crippen LogP contribution in [0.3, 0.4) is 0 Å². The standard InChI is InChI=1S/C15H28N4O/c1-6-18(7-2)8-9-19(11-12(3)4)15(20)14-10-16-17-13(14)5/h10,12H,6-9,11H2,1-5H3,(H,16,17). The molecule has 0 aliphatic heterocycles. The van der Waals surface area contributed by atoms with Gasteiger partial charge in [0.05, 0.1) is 11.8 Å². The lowest BCUT2D eigenvalue weighted by molar-refractivity contribution is 0.0716. The number of hydrogen-bond acceptors (Lipinski definition) is 3. The summed E-state index contributed by atoms with van der Waals surface area (Å²) in [5.74, 6) is 0.542. The molecule has 0 aliphatic rings. The number of likely N-dealkylation sites (N-methyl/N-ethyl adjacent to an activating group) is 1. The average Bonchev–Trinajstić information content (AvgIpc) is 2.83. The van der Waals surface area contributed by atoms with Gasteiger partial charge in [-0.3, -0.25) is 9.89 Å². The first-order valence-corrected chi connectivity index (χ1v) is 7.51. The van der Waals surface area contributed by atoms with E-state index < -0.39 is 0 Å². The highest BCUT2D eigenvalue weighted by molar-refractivity contribution is 5.95. The molecule has 5 nitrogen and oxygen atoms in total. The minimum atomic E-state index is 0.0807. The number of nitrogens with zero attached hydrogens (tertiary/aromatic N) is 3. The third-order valence-electron chi connectivity index (χ3n) is 3.51. The lowest BCUT2D eigenvalue weighted by atomic mass is 10.1. The number of aromatic nitrogens is 2. The fraction of sp³-hybridized carbons (Fsp3) is 0.733. The van der Waals surface area contributed by atoms with Gasteiger partial charge in [0.2, 0.25) is 0 Å². The van der Waals surface area contributed by atoms with Crippen molar-refractivity contribution in [3.8, 4) is 0 Å². The van der Waals surface area contributed by atoms with E-state index in [9.17, 15) is 4.79 Å². The molecular weight excluding hydrogens is 252 g/mol. The zero-order chi connectivity index (χ0) is 15.1. The minimum absolute atomic E-state index is 0.0807. The third-order valence-corrected chi connectivity index (χ3v) is 3.51. The number of carbonyl (C=O) groups excluding carboxylic acids is 1. The predicted molar refractivity (Wildman–Crippen MR) is 81.9 cm³/mol. The third kappa shape index (κ3) is 4.63. The number of amides is 1. The first kappa shape index (κ1) is 16.7. The maximum atomic E-state index is 12.6. The van der Waals surface area contributed by atoms with E-state index in [2.05, 4.69) is 42.8 Å². The zero-order valence-electron chi connectivity index (χ0n) is 13.4. The first-order valence-electron chi connectivity index (χ1n) is 7.51. The normalized spacial score (nSPS) is 11.3. The Morgan fingerprint density at radius 1 is 1.30 bits per heavy atom. The van der Waals surface area contributed by atoms with Crippen LogP contribution in [0, 0.1) is 12.8 Å². The second-order valence-electron chi connectivity index (χ2n) is 5.58. The van der Waals surface area contributed by atoms with Crippen LogP contribution in [0.4, 0.5) is 0 Å². The van der Waals surface area contributed by atoms with E-state index in [0.717, 1.165) is 38.4 Å². The van der Waals surface area contributed by atoms with E-state index in [4.69, 9.17) is 0 Å². The molecule has 0 fully saturated rings. The fourth-order valence-electron chi connectivity index (χ4n) is 2.26. The van der Waals surface area contributed by atoms with Crippen molar-refractivity contribution in [1.29, 1.82) is 0 Å². The van der Waals surface area contributed by atoms with Crippen molar-refractivity contribution >= 4 is 5.91 Å². The van der Waals surface area contributed by atoms with Gasteiger partial charge in [-0.2, -0.15) is 5.10 Å². The lowest BCUT2D eigenvalue weighted by Crippen LogP contribution is -2.40. The van der Waals surface area contributed by atoms with E-state index in [-0.39, 0.29) is 5.91 Å². The molecule has 1 amide bonds. The largest absolute Gasteiger partial charge is 0.337 e. The Morgan fingerprint density at radius 3 is 2.40 bits per heavy atom. The molecule has 5 heteroatoms. The van der Waals surface area contributed by atoms with Crippen molar-refractivity contribution in [3.63, 3.8) is 0 Å². The highest BCUT2D eigenvalue weighted by Gasteiger charge is 2.20. The van der Waals surface area contributed by atoms with Gasteiger partial charge < -0.3 is 9.80 Å². The van der Waals surface area contributed by atoms with Crippen LogP contribution in [0.15, 0.2) is 6.20 Å². The molecule has 0 saturated carbocycles. The SMILES string of the molecule is CCN(CC)CCN(CC(C)C)C(=O)c1cn[nH]c1C. The maximum absolute atomic E-state index is 12.6. The number of nitrogens with one attached hydrogen (secondary N) is 1. The van der Waals surface area contributed by atoms with Crippen LogP contribution in [-0.4, -0.2) is 58.6 Å². The van der Waals surface area contributed by atoms with Gasteiger partial charge in [0.25, 0.3) is 5.91 Å². The van der Waals surface area contributed by atoms with Gasteiger partial charge in [-0.15, -0.1) is 0 Å². The molecule has 0 aliphatic carbocycles. The predicted octanol–water partition coefficient (Wildman–Crippen LogP) is 2.16. The van der Waals surface area contributed by atoms with Gasteiger partial charge in [-0.25, -0.2) is 0 Å². The number of hydrogen-bond donors (Lipinski definition) is 1. The molecule has 20 heavy (non-hydrogen) atoms. The smallest absolute Gasteiger partial charge is 0.257 e. The number of aryl methyl sites for hydroxylation is 1. The maximum Gasteiger partial charge on any atom is 0.257 e. The van der Waals surface area contributed by atoms with Gasteiger partial charge >= 0.3 is 0 Å². The van der Waals surface area contributed by atoms with Crippen molar-refractivity contribution < 1.29 is 4.79 Å². The van der Waals surface area contributed by atoms with E-state index >= 15 is 0 Å². The van der Waals surface area contributed by atoms with Crippen LogP contribution in [0.25, 0.3) is 0 Å². The van der Waals surface area contributed by atoms with E-state index in [1.807, 2.05) is 11.8 Å². The van der Waals surface area contributed by atoms with Gasteiger partial charge in [-0.05, 0) is 25.9 Å². The Bertz CT molecular complexity index is 410. The lowest BCUT2D eigenvalue weighted by Gasteiger charge is -2.27. The molecule has 0 bridgehead atoms. The van der Waals surface area contributed by atoms with Gasteiger partial charge in [-0.1, -0.05) is 27.7 Å². The molecule has 1 rings (SSSR count). The Kier molecular flexibility index (Phi) is 6.71. The topological polar surface area (TPSA) is 52.2 Å². The summed E-state index contributed by atoms with van der Waals surface area (Å²) in [7, 11) is 0. The summed E-state index contributed by atoms with van der Waals surface area (Å²) in [6, 6.07) is 0. The van der Waals surface area contributed by atoms with Crippen LogP contribution >= 0.6 is 0 Å². The Labute approximate surface area is 122 Å². The molecule has 1 aromatic rings. The molecule has 1 N–H and O–H groups in total. The summed E-state index contributed by atoms with van der Waals surface area (Å²) in [5, 5.41) is 6.79. The molecule has 0 radical (unpaired) electrons. The molecule has 114 valence electrons. The van der Waals surface area contributed by atoms with Crippen molar-refractivity contribution in [2.75, 3.05) is 32.7 Å². The van der Waals surface area contributed by atoms with Crippen LogP contribution < -0.4 is 0 Å². The highest BCUT2D eigenvalue weighted by atomic mass is 16.2. The van der Waals surface area contributed by atoms with Crippen molar-refractivity contribution in [2.45, 2.75) is 34.6 Å². The number of carbonyl (C=O) groups is 1. The summed E-state index contributed by atoms with van der Waals surface area (Å²) < 4.78 is 0.